The number of hydrogen-bond donors (Lipinski definition) is 0. The minimum Gasteiger partial charge on any atom is -0.295 e. The molecule has 0 amide bonds. The molecule has 1 saturated carbocycles. The molecule has 0 aliphatic heterocycles. The summed E-state index contributed by atoms with van der Waals surface area (Å²) in [7, 11) is 0. The third-order valence-electron chi connectivity index (χ3n) is 4.64. The van der Waals surface area contributed by atoms with Crippen molar-refractivity contribution in [3.8, 4) is 0 Å². The molecule has 0 spiro atoms. The normalized spacial score (nSPS) is 16.5. The van der Waals surface area contributed by atoms with Crippen LogP contribution in [0, 0.1) is 12.8 Å². The van der Waals surface area contributed by atoms with Crippen LogP contribution in [0.4, 0.5) is 0 Å². The molecule has 1 heterocycles. The predicted octanol–water partition coefficient (Wildman–Crippen LogP) is 4.76. The maximum absolute atomic E-state index is 4.65. The van der Waals surface area contributed by atoms with Crippen molar-refractivity contribution in [2.45, 2.75) is 78.9 Å². The molecule has 0 saturated heterocycles. The summed E-state index contributed by atoms with van der Waals surface area (Å²) >= 11 is 3.75. The molecule has 2 rings (SSSR count). The van der Waals surface area contributed by atoms with Crippen molar-refractivity contribution >= 4 is 15.9 Å². The Hall–Kier alpha value is -0.350. The van der Waals surface area contributed by atoms with Crippen LogP contribution in [-0.2, 0) is 13.1 Å². The van der Waals surface area contributed by atoms with E-state index in [1.807, 2.05) is 0 Å². The van der Waals surface area contributed by atoms with Crippen LogP contribution in [-0.4, -0.2) is 27.3 Å². The van der Waals surface area contributed by atoms with Gasteiger partial charge in [-0.2, -0.15) is 5.10 Å². The van der Waals surface area contributed by atoms with Crippen molar-refractivity contribution < 1.29 is 0 Å². The van der Waals surface area contributed by atoms with E-state index in [4.69, 9.17) is 0 Å². The van der Waals surface area contributed by atoms with Crippen molar-refractivity contribution in [1.29, 1.82) is 0 Å². The molecular weight excluding hydrogens is 326 g/mol. The molecule has 0 N–H and O–H groups in total. The van der Waals surface area contributed by atoms with Gasteiger partial charge in [-0.25, -0.2) is 0 Å². The SMILES string of the molecule is CCn1nc(C)c(Br)c1CN(CCC(C)C)C1CCCC1. The van der Waals surface area contributed by atoms with Gasteiger partial charge in [0.2, 0.25) is 0 Å². The molecule has 4 heteroatoms. The van der Waals surface area contributed by atoms with Gasteiger partial charge in [-0.15, -0.1) is 0 Å². The van der Waals surface area contributed by atoms with E-state index in [9.17, 15) is 0 Å². The lowest BCUT2D eigenvalue weighted by atomic mass is 10.1. The first kappa shape index (κ1) is 17.0. The highest BCUT2D eigenvalue weighted by Gasteiger charge is 2.25. The molecule has 120 valence electrons. The van der Waals surface area contributed by atoms with E-state index in [1.54, 1.807) is 0 Å². The second-order valence-corrected chi connectivity index (χ2v) is 7.55. The average Bonchev–Trinajstić information content (AvgIpc) is 3.06. The summed E-state index contributed by atoms with van der Waals surface area (Å²) in [6.45, 7) is 12.1. The van der Waals surface area contributed by atoms with Gasteiger partial charge < -0.3 is 0 Å². The van der Waals surface area contributed by atoms with E-state index in [-0.39, 0.29) is 0 Å². The summed E-state index contributed by atoms with van der Waals surface area (Å²) in [4.78, 5) is 2.71. The fraction of sp³-hybridized carbons (Fsp3) is 0.824. The van der Waals surface area contributed by atoms with Crippen LogP contribution < -0.4 is 0 Å². The topological polar surface area (TPSA) is 21.1 Å². The van der Waals surface area contributed by atoms with Crippen LogP contribution in [0.2, 0.25) is 0 Å². The van der Waals surface area contributed by atoms with Crippen LogP contribution in [0.3, 0.4) is 0 Å². The molecule has 0 atom stereocenters. The molecule has 1 fully saturated rings. The molecule has 1 aromatic rings. The maximum Gasteiger partial charge on any atom is 0.0739 e. The molecule has 1 aromatic heterocycles. The van der Waals surface area contributed by atoms with E-state index in [1.165, 1.54) is 48.8 Å². The Balaban J connectivity index is 2.13. The van der Waals surface area contributed by atoms with Crippen LogP contribution in [0.5, 0.6) is 0 Å². The standard InChI is InChI=1S/C17H30BrN3/c1-5-21-16(17(18)14(4)19-21)12-20(11-10-13(2)3)15-8-6-7-9-15/h13,15H,5-12H2,1-4H3. The summed E-state index contributed by atoms with van der Waals surface area (Å²) in [5, 5.41) is 4.65. The quantitative estimate of drug-likeness (QED) is 0.702. The average molecular weight is 356 g/mol. The molecule has 1 aliphatic carbocycles. The molecule has 0 radical (unpaired) electrons. The summed E-state index contributed by atoms with van der Waals surface area (Å²) in [6, 6.07) is 0.774. The highest BCUT2D eigenvalue weighted by molar-refractivity contribution is 9.10. The van der Waals surface area contributed by atoms with E-state index in [2.05, 4.69) is 58.3 Å². The maximum atomic E-state index is 4.65. The lowest BCUT2D eigenvalue weighted by Crippen LogP contribution is -2.35. The van der Waals surface area contributed by atoms with Crippen LogP contribution in [0.25, 0.3) is 0 Å². The molecule has 3 nitrogen and oxygen atoms in total. The second kappa shape index (κ2) is 7.77. The first-order valence-corrected chi connectivity index (χ1v) is 9.28. The number of aromatic nitrogens is 2. The van der Waals surface area contributed by atoms with Crippen molar-refractivity contribution in [1.82, 2.24) is 14.7 Å². The van der Waals surface area contributed by atoms with Crippen molar-refractivity contribution in [3.05, 3.63) is 15.9 Å². The second-order valence-electron chi connectivity index (χ2n) is 6.75. The molecule has 1 aliphatic rings. The highest BCUT2D eigenvalue weighted by atomic mass is 79.9. The number of nitrogens with zero attached hydrogens (tertiary/aromatic N) is 3. The van der Waals surface area contributed by atoms with Crippen molar-refractivity contribution in [2.24, 2.45) is 5.92 Å². The van der Waals surface area contributed by atoms with Crippen LogP contribution >= 0.6 is 15.9 Å². The molecule has 0 unspecified atom stereocenters. The molecule has 0 bridgehead atoms. The monoisotopic (exact) mass is 355 g/mol. The number of hydrogen-bond acceptors (Lipinski definition) is 2. The Kier molecular flexibility index (Phi) is 6.30. The van der Waals surface area contributed by atoms with Gasteiger partial charge in [0.25, 0.3) is 0 Å². The first-order chi connectivity index (χ1) is 10.0. The first-order valence-electron chi connectivity index (χ1n) is 8.48. The summed E-state index contributed by atoms with van der Waals surface area (Å²) < 4.78 is 3.37. The zero-order valence-corrected chi connectivity index (χ0v) is 15.6. The van der Waals surface area contributed by atoms with Crippen molar-refractivity contribution in [3.63, 3.8) is 0 Å². The Morgan fingerprint density at radius 1 is 1.33 bits per heavy atom. The van der Waals surface area contributed by atoms with Gasteiger partial charge in [0.15, 0.2) is 0 Å². The molecular formula is C17H30BrN3. The highest BCUT2D eigenvalue weighted by Crippen LogP contribution is 2.28. The summed E-state index contributed by atoms with van der Waals surface area (Å²) in [5.41, 5.74) is 2.47. The van der Waals surface area contributed by atoms with Crippen LogP contribution in [0.1, 0.15) is 64.3 Å². The zero-order valence-electron chi connectivity index (χ0n) is 14.0. The third-order valence-corrected chi connectivity index (χ3v) is 5.67. The fourth-order valence-electron chi connectivity index (χ4n) is 3.30. The molecule has 0 aromatic carbocycles. The summed E-state index contributed by atoms with van der Waals surface area (Å²) in [6.07, 6.45) is 6.82. The Labute approximate surface area is 138 Å². The zero-order chi connectivity index (χ0) is 15.4. The summed E-state index contributed by atoms with van der Waals surface area (Å²) in [5.74, 6) is 0.773. The fourth-order valence-corrected chi connectivity index (χ4v) is 3.71. The van der Waals surface area contributed by atoms with Gasteiger partial charge in [-0.1, -0.05) is 26.7 Å². The minimum atomic E-state index is 0.773. The van der Waals surface area contributed by atoms with Crippen LogP contribution in [0.15, 0.2) is 4.47 Å². The van der Waals surface area contributed by atoms with Gasteiger partial charge in [-0.05, 0) is 61.5 Å². The smallest absolute Gasteiger partial charge is 0.0739 e. The lowest BCUT2D eigenvalue weighted by Gasteiger charge is -2.29. The van der Waals surface area contributed by atoms with Gasteiger partial charge in [0.05, 0.1) is 15.9 Å². The van der Waals surface area contributed by atoms with E-state index in [0.29, 0.717) is 0 Å². The van der Waals surface area contributed by atoms with Gasteiger partial charge in [0, 0.05) is 19.1 Å². The van der Waals surface area contributed by atoms with Gasteiger partial charge in [-0.3, -0.25) is 9.58 Å². The largest absolute Gasteiger partial charge is 0.295 e. The Morgan fingerprint density at radius 3 is 2.57 bits per heavy atom. The minimum absolute atomic E-state index is 0.773. The Bertz CT molecular complexity index is 447. The molecule has 21 heavy (non-hydrogen) atoms. The van der Waals surface area contributed by atoms with E-state index < -0.39 is 0 Å². The number of rotatable bonds is 7. The van der Waals surface area contributed by atoms with E-state index in [0.717, 1.165) is 30.7 Å². The number of halogens is 1. The van der Waals surface area contributed by atoms with Gasteiger partial charge >= 0.3 is 0 Å². The van der Waals surface area contributed by atoms with Crippen molar-refractivity contribution in [2.75, 3.05) is 6.54 Å². The number of aryl methyl sites for hydroxylation is 2. The van der Waals surface area contributed by atoms with E-state index >= 15 is 0 Å². The van der Waals surface area contributed by atoms with Gasteiger partial charge in [0.1, 0.15) is 0 Å². The third kappa shape index (κ3) is 4.32. The lowest BCUT2D eigenvalue weighted by molar-refractivity contribution is 0.174. The Morgan fingerprint density at radius 2 is 2.00 bits per heavy atom. The predicted molar refractivity (Wildman–Crippen MR) is 92.5 cm³/mol.